The van der Waals surface area contributed by atoms with E-state index in [4.69, 9.17) is 15.2 Å². The lowest BCUT2D eigenvalue weighted by atomic mass is 9.79. The van der Waals surface area contributed by atoms with Crippen molar-refractivity contribution in [2.45, 2.75) is 13.0 Å². The second kappa shape index (κ2) is 3.87. The van der Waals surface area contributed by atoms with Gasteiger partial charge in [0.2, 0.25) is 0 Å². The van der Waals surface area contributed by atoms with Crippen molar-refractivity contribution >= 4 is 12.6 Å². The van der Waals surface area contributed by atoms with Crippen molar-refractivity contribution in [3.8, 4) is 0 Å². The normalized spacial score (nSPS) is 12.7. The van der Waals surface area contributed by atoms with E-state index in [1.165, 1.54) is 19.1 Å². The predicted octanol–water partition coefficient (Wildman–Crippen LogP) is -0.441. The van der Waals surface area contributed by atoms with E-state index in [1.54, 1.807) is 0 Å². The Hall–Kier alpha value is -0.905. The van der Waals surface area contributed by atoms with E-state index < -0.39 is 19.0 Å². The second-order valence-corrected chi connectivity index (χ2v) is 2.83. The van der Waals surface area contributed by atoms with Gasteiger partial charge in [0, 0.05) is 5.56 Å². The highest BCUT2D eigenvalue weighted by molar-refractivity contribution is 6.58. The molecule has 0 aromatic heterocycles. The Labute approximate surface area is 75.6 Å². The molecule has 0 saturated carbocycles. The maximum absolute atomic E-state index is 13.0. The van der Waals surface area contributed by atoms with Crippen LogP contribution in [0.3, 0.4) is 0 Å². The Bertz CT molecular complexity index is 301. The molecular formula is C8H10BFO3. The minimum atomic E-state index is -1.64. The summed E-state index contributed by atoms with van der Waals surface area (Å²) in [6, 6.07) is 3.58. The van der Waals surface area contributed by atoms with Crippen LogP contribution in [-0.2, 0) is 0 Å². The number of rotatable bonds is 2. The Morgan fingerprint density at radius 2 is 2.00 bits per heavy atom. The molecule has 5 heteroatoms. The van der Waals surface area contributed by atoms with Gasteiger partial charge in [0.25, 0.3) is 0 Å². The van der Waals surface area contributed by atoms with Crippen LogP contribution in [-0.4, -0.2) is 22.3 Å². The van der Waals surface area contributed by atoms with Crippen LogP contribution in [0.2, 0.25) is 0 Å². The topological polar surface area (TPSA) is 60.7 Å². The molecule has 0 amide bonds. The molecule has 70 valence electrons. The van der Waals surface area contributed by atoms with Gasteiger partial charge in [-0.15, -0.1) is 0 Å². The van der Waals surface area contributed by atoms with Crippen LogP contribution < -0.4 is 5.46 Å². The standard InChI is InChI=1S/C8H10BFO3/c1-5(11)7-4-6(9(12)13)2-3-8(7)10/h2-5,11-13H,1H3. The lowest BCUT2D eigenvalue weighted by Gasteiger charge is -2.08. The van der Waals surface area contributed by atoms with E-state index in [0.717, 1.165) is 6.07 Å². The van der Waals surface area contributed by atoms with Crippen LogP contribution >= 0.6 is 0 Å². The summed E-state index contributed by atoms with van der Waals surface area (Å²) in [6.07, 6.45) is -0.960. The highest BCUT2D eigenvalue weighted by Crippen LogP contribution is 2.14. The Balaban J connectivity index is 3.11. The Morgan fingerprint density at radius 3 is 2.46 bits per heavy atom. The van der Waals surface area contributed by atoms with E-state index in [9.17, 15) is 4.39 Å². The molecule has 0 bridgehead atoms. The fourth-order valence-electron chi connectivity index (χ4n) is 1.04. The first-order valence-electron chi connectivity index (χ1n) is 3.86. The minimum Gasteiger partial charge on any atom is -0.423 e. The smallest absolute Gasteiger partial charge is 0.423 e. The molecule has 1 aromatic carbocycles. The number of aliphatic hydroxyl groups is 1. The van der Waals surface area contributed by atoms with Crippen molar-refractivity contribution in [1.82, 2.24) is 0 Å². The fraction of sp³-hybridized carbons (Fsp3) is 0.250. The van der Waals surface area contributed by atoms with Crippen LogP contribution in [0.25, 0.3) is 0 Å². The van der Waals surface area contributed by atoms with E-state index in [-0.39, 0.29) is 11.0 Å². The minimum absolute atomic E-state index is 0.0607. The molecule has 13 heavy (non-hydrogen) atoms. The molecule has 3 N–H and O–H groups in total. The summed E-state index contributed by atoms with van der Waals surface area (Å²) < 4.78 is 13.0. The maximum Gasteiger partial charge on any atom is 0.488 e. The first-order chi connectivity index (χ1) is 6.02. The van der Waals surface area contributed by atoms with Crippen molar-refractivity contribution in [3.63, 3.8) is 0 Å². The zero-order valence-corrected chi connectivity index (χ0v) is 7.11. The Morgan fingerprint density at radius 1 is 1.38 bits per heavy atom. The lowest BCUT2D eigenvalue weighted by Crippen LogP contribution is -2.30. The fourth-order valence-corrected chi connectivity index (χ4v) is 1.04. The van der Waals surface area contributed by atoms with Crippen LogP contribution in [0.5, 0.6) is 0 Å². The van der Waals surface area contributed by atoms with Crippen LogP contribution in [0.15, 0.2) is 18.2 Å². The summed E-state index contributed by atoms with van der Waals surface area (Å²) in [7, 11) is -1.64. The predicted molar refractivity (Wildman–Crippen MR) is 46.9 cm³/mol. The number of hydrogen-bond acceptors (Lipinski definition) is 3. The summed E-state index contributed by atoms with van der Waals surface area (Å²) in [5.74, 6) is -0.556. The molecular weight excluding hydrogens is 174 g/mol. The molecule has 1 atom stereocenters. The third-order valence-corrected chi connectivity index (χ3v) is 1.77. The SMILES string of the molecule is CC(O)c1cc(B(O)O)ccc1F. The van der Waals surface area contributed by atoms with Crippen molar-refractivity contribution in [2.75, 3.05) is 0 Å². The average molecular weight is 184 g/mol. The van der Waals surface area contributed by atoms with Gasteiger partial charge in [-0.3, -0.25) is 0 Å². The summed E-state index contributed by atoms with van der Waals surface area (Å²) in [5.41, 5.74) is 0.225. The molecule has 0 aliphatic rings. The first kappa shape index (κ1) is 10.2. The molecule has 0 fully saturated rings. The molecule has 0 spiro atoms. The molecule has 1 rings (SSSR count). The molecule has 0 saturated heterocycles. The van der Waals surface area contributed by atoms with Crippen molar-refractivity contribution in [1.29, 1.82) is 0 Å². The van der Waals surface area contributed by atoms with E-state index in [0.29, 0.717) is 0 Å². The number of benzene rings is 1. The van der Waals surface area contributed by atoms with Crippen molar-refractivity contribution in [2.24, 2.45) is 0 Å². The summed E-state index contributed by atoms with van der Waals surface area (Å²) in [6.45, 7) is 1.41. The molecule has 1 unspecified atom stereocenters. The zero-order valence-electron chi connectivity index (χ0n) is 7.11. The molecule has 0 aliphatic heterocycles. The zero-order chi connectivity index (χ0) is 10.0. The second-order valence-electron chi connectivity index (χ2n) is 2.83. The molecule has 0 aliphatic carbocycles. The quantitative estimate of drug-likeness (QED) is 0.546. The largest absolute Gasteiger partial charge is 0.488 e. The third-order valence-electron chi connectivity index (χ3n) is 1.77. The summed E-state index contributed by atoms with van der Waals surface area (Å²) in [4.78, 5) is 0. The average Bonchev–Trinajstić information content (AvgIpc) is 2.04. The Kier molecular flexibility index (Phi) is 3.03. The van der Waals surface area contributed by atoms with Crippen LogP contribution in [0.4, 0.5) is 4.39 Å². The number of hydrogen-bond donors (Lipinski definition) is 3. The van der Waals surface area contributed by atoms with Gasteiger partial charge in [-0.1, -0.05) is 12.1 Å². The van der Waals surface area contributed by atoms with Gasteiger partial charge in [0.05, 0.1) is 6.10 Å². The monoisotopic (exact) mass is 184 g/mol. The summed E-state index contributed by atoms with van der Waals surface area (Å²) in [5, 5.41) is 26.7. The van der Waals surface area contributed by atoms with Gasteiger partial charge in [0.15, 0.2) is 0 Å². The third kappa shape index (κ3) is 2.27. The van der Waals surface area contributed by atoms with Crippen LogP contribution in [0.1, 0.15) is 18.6 Å². The molecule has 0 radical (unpaired) electrons. The number of halogens is 1. The van der Waals surface area contributed by atoms with Crippen molar-refractivity contribution in [3.05, 3.63) is 29.6 Å². The lowest BCUT2D eigenvalue weighted by molar-refractivity contribution is 0.194. The highest BCUT2D eigenvalue weighted by atomic mass is 19.1. The van der Waals surface area contributed by atoms with E-state index in [1.807, 2.05) is 0 Å². The van der Waals surface area contributed by atoms with Gasteiger partial charge in [-0.25, -0.2) is 4.39 Å². The molecule has 1 aromatic rings. The van der Waals surface area contributed by atoms with Gasteiger partial charge >= 0.3 is 7.12 Å². The van der Waals surface area contributed by atoms with Crippen molar-refractivity contribution < 1.29 is 19.5 Å². The number of aliphatic hydroxyl groups excluding tert-OH is 1. The highest BCUT2D eigenvalue weighted by Gasteiger charge is 2.15. The molecule has 3 nitrogen and oxygen atoms in total. The maximum atomic E-state index is 13.0. The van der Waals surface area contributed by atoms with Gasteiger partial charge in [-0.05, 0) is 18.5 Å². The summed E-state index contributed by atoms with van der Waals surface area (Å²) >= 11 is 0. The van der Waals surface area contributed by atoms with Gasteiger partial charge < -0.3 is 15.2 Å². The first-order valence-corrected chi connectivity index (χ1v) is 3.86. The van der Waals surface area contributed by atoms with E-state index >= 15 is 0 Å². The van der Waals surface area contributed by atoms with E-state index in [2.05, 4.69) is 0 Å². The van der Waals surface area contributed by atoms with Gasteiger partial charge in [-0.2, -0.15) is 0 Å². The van der Waals surface area contributed by atoms with Gasteiger partial charge in [0.1, 0.15) is 5.82 Å². The molecule has 0 heterocycles. The van der Waals surface area contributed by atoms with Crippen LogP contribution in [0, 0.1) is 5.82 Å².